The van der Waals surface area contributed by atoms with Gasteiger partial charge in [0.15, 0.2) is 0 Å². The number of hydrogen-bond donors (Lipinski definition) is 1. The summed E-state index contributed by atoms with van der Waals surface area (Å²) in [5.41, 5.74) is 7.64. The highest BCUT2D eigenvalue weighted by Crippen LogP contribution is 2.33. The number of rotatable bonds is 17. The number of carbonyl (C=O) groups is 1. The van der Waals surface area contributed by atoms with Crippen molar-refractivity contribution in [1.82, 2.24) is 9.55 Å². The summed E-state index contributed by atoms with van der Waals surface area (Å²) in [4.78, 5) is 21.3. The molecule has 1 atom stereocenters. The number of fused-ring (bicyclic) bond motifs is 1. The second kappa shape index (κ2) is 18.9. The van der Waals surface area contributed by atoms with Crippen LogP contribution in [0, 0.1) is 12.8 Å². The maximum Gasteiger partial charge on any atom is 0.251 e. The molecule has 1 unspecified atom stereocenters. The average molecular weight is 711 g/mol. The van der Waals surface area contributed by atoms with Crippen molar-refractivity contribution in [3.05, 3.63) is 95.6 Å². The van der Waals surface area contributed by atoms with Gasteiger partial charge >= 0.3 is 0 Å². The number of hydrogen-bond acceptors (Lipinski definition) is 6. The smallest absolute Gasteiger partial charge is 0.251 e. The lowest BCUT2D eigenvalue weighted by Crippen LogP contribution is -2.30. The number of aromatic nitrogens is 2. The van der Waals surface area contributed by atoms with E-state index in [-0.39, 0.29) is 5.91 Å². The van der Waals surface area contributed by atoms with E-state index in [4.69, 9.17) is 9.47 Å². The molecule has 272 valence electrons. The molecule has 3 aromatic carbocycles. The zero-order valence-corrected chi connectivity index (χ0v) is 31.8. The van der Waals surface area contributed by atoms with Crippen molar-refractivity contribution in [2.45, 2.75) is 83.9 Å². The summed E-state index contributed by atoms with van der Waals surface area (Å²) in [6.07, 6.45) is 10.4. The van der Waals surface area contributed by atoms with Gasteiger partial charge in [-0.1, -0.05) is 52.3 Å². The normalized spacial score (nSPS) is 14.7. The SMILES string of the molecule is CCCCOCCOc1ccc(-c2ccc3c(c2)/C=C(/C(=O)Nc2ccc(S(=O)Cc4cncn4CCC)c(C)c2)CCCN3CC(C)C)cc1. The zero-order valence-electron chi connectivity index (χ0n) is 31.0. The molecule has 9 heteroatoms. The van der Waals surface area contributed by atoms with E-state index in [0.717, 1.165) is 102 Å². The lowest BCUT2D eigenvalue weighted by atomic mass is 9.96. The van der Waals surface area contributed by atoms with E-state index < -0.39 is 10.8 Å². The molecule has 0 saturated heterocycles. The molecule has 1 aliphatic heterocycles. The molecular formula is C42H54N4O4S. The Bertz CT molecular complexity index is 1800. The largest absolute Gasteiger partial charge is 0.491 e. The van der Waals surface area contributed by atoms with Crippen LogP contribution in [-0.4, -0.2) is 52.6 Å². The van der Waals surface area contributed by atoms with Crippen LogP contribution in [0.25, 0.3) is 17.2 Å². The lowest BCUT2D eigenvalue weighted by Gasteiger charge is -2.30. The summed E-state index contributed by atoms with van der Waals surface area (Å²) in [6, 6.07) is 20.4. The zero-order chi connectivity index (χ0) is 36.2. The van der Waals surface area contributed by atoms with Crippen molar-refractivity contribution in [3.8, 4) is 16.9 Å². The van der Waals surface area contributed by atoms with Crippen LogP contribution in [0.15, 0.2) is 83.7 Å². The Morgan fingerprint density at radius 1 is 0.980 bits per heavy atom. The molecular weight excluding hydrogens is 657 g/mol. The van der Waals surface area contributed by atoms with E-state index in [2.05, 4.69) is 83.9 Å². The van der Waals surface area contributed by atoms with Gasteiger partial charge in [0.2, 0.25) is 0 Å². The van der Waals surface area contributed by atoms with Crippen LogP contribution >= 0.6 is 0 Å². The quantitative estimate of drug-likeness (QED) is 0.110. The number of anilines is 2. The molecule has 1 aromatic heterocycles. The summed E-state index contributed by atoms with van der Waals surface area (Å²) in [5.74, 6) is 1.62. The second-order valence-corrected chi connectivity index (χ2v) is 15.1. The molecule has 1 amide bonds. The molecule has 0 fully saturated rings. The van der Waals surface area contributed by atoms with Crippen LogP contribution in [0.2, 0.25) is 0 Å². The van der Waals surface area contributed by atoms with E-state index in [1.165, 1.54) is 0 Å². The van der Waals surface area contributed by atoms with Gasteiger partial charge < -0.3 is 24.3 Å². The fourth-order valence-electron chi connectivity index (χ4n) is 6.42. The summed E-state index contributed by atoms with van der Waals surface area (Å²) in [5, 5.41) is 3.14. The molecule has 8 nitrogen and oxygen atoms in total. The van der Waals surface area contributed by atoms with Crippen LogP contribution in [0.5, 0.6) is 5.75 Å². The number of benzene rings is 3. The molecule has 1 aliphatic rings. The van der Waals surface area contributed by atoms with Crippen LogP contribution in [0.4, 0.5) is 11.4 Å². The van der Waals surface area contributed by atoms with E-state index in [0.29, 0.717) is 37.0 Å². The third-order valence-corrected chi connectivity index (χ3v) is 10.5. The number of nitrogens with one attached hydrogen (secondary N) is 1. The third kappa shape index (κ3) is 10.7. The van der Waals surface area contributed by atoms with Gasteiger partial charge in [0, 0.05) is 54.3 Å². The van der Waals surface area contributed by atoms with Gasteiger partial charge in [0.05, 0.1) is 35.2 Å². The van der Waals surface area contributed by atoms with Crippen molar-refractivity contribution < 1.29 is 18.5 Å². The number of nitrogens with zero attached hydrogens (tertiary/aromatic N) is 3. The number of amides is 1. The van der Waals surface area contributed by atoms with Crippen molar-refractivity contribution in [3.63, 3.8) is 0 Å². The van der Waals surface area contributed by atoms with Crippen LogP contribution in [0.1, 0.15) is 76.6 Å². The highest BCUT2D eigenvalue weighted by atomic mass is 32.2. The Hall–Kier alpha value is -4.21. The molecule has 4 aromatic rings. The molecule has 51 heavy (non-hydrogen) atoms. The van der Waals surface area contributed by atoms with Gasteiger partial charge in [-0.3, -0.25) is 9.00 Å². The van der Waals surface area contributed by atoms with E-state index in [9.17, 15) is 9.00 Å². The first-order valence-corrected chi connectivity index (χ1v) is 19.8. The Balaban J connectivity index is 1.32. The van der Waals surface area contributed by atoms with Crippen molar-refractivity contribution in [1.29, 1.82) is 0 Å². The first kappa shape index (κ1) is 38.0. The molecule has 5 rings (SSSR count). The van der Waals surface area contributed by atoms with E-state index >= 15 is 0 Å². The first-order chi connectivity index (χ1) is 24.7. The van der Waals surface area contributed by atoms with Crippen LogP contribution < -0.4 is 15.0 Å². The maximum absolute atomic E-state index is 13.8. The predicted octanol–water partition coefficient (Wildman–Crippen LogP) is 9.05. The number of ether oxygens (including phenoxy) is 2. The predicted molar refractivity (Wildman–Crippen MR) is 210 cm³/mol. The monoisotopic (exact) mass is 710 g/mol. The molecule has 1 N–H and O–H groups in total. The van der Waals surface area contributed by atoms with Gasteiger partial charge in [0.1, 0.15) is 12.4 Å². The molecule has 0 aliphatic carbocycles. The lowest BCUT2D eigenvalue weighted by molar-refractivity contribution is -0.112. The Labute approximate surface area is 306 Å². The van der Waals surface area contributed by atoms with Crippen LogP contribution in [-0.2, 0) is 32.6 Å². The number of unbranched alkanes of at least 4 members (excludes halogenated alkanes) is 1. The minimum absolute atomic E-state index is 0.111. The molecule has 0 saturated carbocycles. The Morgan fingerprint density at radius 2 is 1.78 bits per heavy atom. The molecule has 2 heterocycles. The average Bonchev–Trinajstić information content (AvgIpc) is 3.54. The number of imidazole rings is 1. The molecule has 0 spiro atoms. The van der Waals surface area contributed by atoms with Crippen molar-refractivity contribution >= 4 is 34.2 Å². The fourth-order valence-corrected chi connectivity index (χ4v) is 7.72. The molecule has 0 bridgehead atoms. The number of aryl methyl sites for hydroxylation is 2. The minimum Gasteiger partial charge on any atom is -0.491 e. The van der Waals surface area contributed by atoms with Crippen molar-refractivity contribution in [2.75, 3.05) is 43.1 Å². The summed E-state index contributed by atoms with van der Waals surface area (Å²) in [6.45, 7) is 15.3. The highest BCUT2D eigenvalue weighted by Gasteiger charge is 2.20. The van der Waals surface area contributed by atoms with E-state index in [1.807, 2.05) is 37.3 Å². The first-order valence-electron chi connectivity index (χ1n) is 18.5. The van der Waals surface area contributed by atoms with Gasteiger partial charge in [-0.15, -0.1) is 0 Å². The highest BCUT2D eigenvalue weighted by molar-refractivity contribution is 7.84. The van der Waals surface area contributed by atoms with Gasteiger partial charge in [-0.2, -0.15) is 0 Å². The third-order valence-electron chi connectivity index (χ3n) is 9.00. The molecule has 0 radical (unpaired) electrons. The standard InChI is InChI=1S/C42H54N4O4S/c1-6-8-21-49-22-23-50-39-15-11-33(12-16-39)34-13-17-40-36(25-34)26-35(10-9-20-45(40)28-31(3)4)42(47)44-37-14-18-41(32(5)24-37)51(48)29-38-27-43-30-46(38)19-7-2/h11-18,24-27,30-31H,6-10,19-23,28-29H2,1-5H3,(H,44,47)/b35-26+. The maximum atomic E-state index is 13.8. The van der Waals surface area contributed by atoms with Gasteiger partial charge in [0.25, 0.3) is 5.91 Å². The van der Waals surface area contributed by atoms with Crippen molar-refractivity contribution in [2.24, 2.45) is 5.92 Å². The van der Waals surface area contributed by atoms with Gasteiger partial charge in [-0.05, 0) is 109 Å². The summed E-state index contributed by atoms with van der Waals surface area (Å²) >= 11 is 0. The number of carbonyl (C=O) groups excluding carboxylic acids is 1. The summed E-state index contributed by atoms with van der Waals surface area (Å²) in [7, 11) is -1.23. The van der Waals surface area contributed by atoms with E-state index in [1.54, 1.807) is 12.5 Å². The minimum atomic E-state index is -1.23. The summed E-state index contributed by atoms with van der Waals surface area (Å²) < 4.78 is 26.9. The van der Waals surface area contributed by atoms with Crippen LogP contribution in [0.3, 0.4) is 0 Å². The Morgan fingerprint density at radius 3 is 2.53 bits per heavy atom. The van der Waals surface area contributed by atoms with Gasteiger partial charge in [-0.25, -0.2) is 4.98 Å². The second-order valence-electron chi connectivity index (χ2n) is 13.7. The topological polar surface area (TPSA) is 85.7 Å². The fraction of sp³-hybridized carbons (Fsp3) is 0.429. The Kier molecular flexibility index (Phi) is 14.1.